The zero-order valence-electron chi connectivity index (χ0n) is 11.6. The van der Waals surface area contributed by atoms with E-state index in [0.717, 1.165) is 0 Å². The highest BCUT2D eigenvalue weighted by molar-refractivity contribution is 5.84. The fraction of sp³-hybridized carbons (Fsp3) is 0.357. The Morgan fingerprint density at radius 2 is 2.00 bits per heavy atom. The van der Waals surface area contributed by atoms with Gasteiger partial charge in [0.2, 0.25) is 5.91 Å². The van der Waals surface area contributed by atoms with Crippen LogP contribution in [0.4, 0.5) is 5.69 Å². The van der Waals surface area contributed by atoms with Crippen LogP contribution in [0.25, 0.3) is 10.9 Å². The van der Waals surface area contributed by atoms with Gasteiger partial charge in [-0.05, 0) is 31.0 Å². The van der Waals surface area contributed by atoms with Crippen LogP contribution >= 0.6 is 0 Å². The maximum Gasteiger partial charge on any atom is 0.262 e. The summed E-state index contributed by atoms with van der Waals surface area (Å²) in [6, 6.07) is 4.93. The number of fused-ring (bicyclic) bond motifs is 1. The summed E-state index contributed by atoms with van der Waals surface area (Å²) in [5.74, 6) is -0.533. The van der Waals surface area contributed by atoms with E-state index in [9.17, 15) is 9.59 Å². The molecule has 2 rings (SSSR count). The second-order valence-corrected chi connectivity index (χ2v) is 4.80. The lowest BCUT2D eigenvalue weighted by molar-refractivity contribution is -0.127. The molecule has 0 atom stereocenters. The van der Waals surface area contributed by atoms with Gasteiger partial charge in [0.25, 0.3) is 5.56 Å². The third-order valence-corrected chi connectivity index (χ3v) is 3.87. The lowest BCUT2D eigenvalue weighted by Gasteiger charge is -2.30. The summed E-state index contributed by atoms with van der Waals surface area (Å²) < 4.78 is 1.33. The van der Waals surface area contributed by atoms with Gasteiger partial charge in [-0.2, -0.15) is 0 Å². The Balaban J connectivity index is 2.81. The minimum absolute atomic E-state index is 0.301. The van der Waals surface area contributed by atoms with E-state index in [1.54, 1.807) is 18.2 Å². The molecule has 0 radical (unpaired) electrons. The highest BCUT2D eigenvalue weighted by atomic mass is 16.2. The van der Waals surface area contributed by atoms with Crippen molar-refractivity contribution >= 4 is 22.5 Å². The number of carbonyl (C=O) groups excluding carboxylic acids is 1. The highest BCUT2D eigenvalue weighted by Crippen LogP contribution is 2.24. The molecular weight excluding hydrogens is 256 g/mol. The van der Waals surface area contributed by atoms with Crippen LogP contribution in [-0.2, 0) is 10.3 Å². The maximum absolute atomic E-state index is 12.6. The van der Waals surface area contributed by atoms with Gasteiger partial charge in [0.05, 0.1) is 17.2 Å². The van der Waals surface area contributed by atoms with Crippen molar-refractivity contribution in [3.05, 3.63) is 34.9 Å². The summed E-state index contributed by atoms with van der Waals surface area (Å²) in [4.78, 5) is 28.7. The fourth-order valence-electron chi connectivity index (χ4n) is 2.50. The molecule has 1 heterocycles. The van der Waals surface area contributed by atoms with Crippen LogP contribution < -0.4 is 17.0 Å². The molecule has 0 unspecified atom stereocenters. The molecule has 1 aromatic heterocycles. The second kappa shape index (κ2) is 4.96. The third-order valence-electron chi connectivity index (χ3n) is 3.87. The van der Waals surface area contributed by atoms with Crippen molar-refractivity contribution in [1.29, 1.82) is 0 Å². The van der Waals surface area contributed by atoms with E-state index in [-0.39, 0.29) is 5.56 Å². The summed E-state index contributed by atoms with van der Waals surface area (Å²) in [5.41, 5.74) is 10.9. The zero-order valence-corrected chi connectivity index (χ0v) is 11.6. The predicted molar refractivity (Wildman–Crippen MR) is 78.2 cm³/mol. The van der Waals surface area contributed by atoms with E-state index in [0.29, 0.717) is 29.4 Å². The van der Waals surface area contributed by atoms with Crippen molar-refractivity contribution in [3.8, 4) is 0 Å². The number of carbonyl (C=O) groups is 1. The Morgan fingerprint density at radius 3 is 2.55 bits per heavy atom. The normalized spacial score (nSPS) is 11.7. The number of amides is 1. The molecule has 0 fully saturated rings. The van der Waals surface area contributed by atoms with Crippen LogP contribution in [0, 0.1) is 0 Å². The number of aromatic nitrogens is 2. The summed E-state index contributed by atoms with van der Waals surface area (Å²) in [5, 5.41) is 0.389. The molecule has 4 N–H and O–H groups in total. The van der Waals surface area contributed by atoms with Crippen molar-refractivity contribution in [2.75, 3.05) is 5.73 Å². The van der Waals surface area contributed by atoms with Crippen LogP contribution in [0.3, 0.4) is 0 Å². The number of hydrogen-bond donors (Lipinski definition) is 2. The molecule has 0 aliphatic carbocycles. The first-order valence-electron chi connectivity index (χ1n) is 6.53. The van der Waals surface area contributed by atoms with Gasteiger partial charge >= 0.3 is 0 Å². The Morgan fingerprint density at radius 1 is 1.35 bits per heavy atom. The molecule has 6 heteroatoms. The van der Waals surface area contributed by atoms with Crippen molar-refractivity contribution in [1.82, 2.24) is 9.55 Å². The summed E-state index contributed by atoms with van der Waals surface area (Å²) in [6.45, 7) is 3.65. The number of benzene rings is 1. The minimum Gasteiger partial charge on any atom is -0.399 e. The van der Waals surface area contributed by atoms with E-state index < -0.39 is 11.4 Å². The van der Waals surface area contributed by atoms with Gasteiger partial charge in [-0.15, -0.1) is 0 Å². The topological polar surface area (TPSA) is 104 Å². The molecule has 0 bridgehead atoms. The highest BCUT2D eigenvalue weighted by Gasteiger charge is 2.36. The molecule has 0 saturated carbocycles. The van der Waals surface area contributed by atoms with Gasteiger partial charge in [0.1, 0.15) is 5.54 Å². The van der Waals surface area contributed by atoms with Crippen LogP contribution in [0.2, 0.25) is 0 Å². The molecule has 0 spiro atoms. The number of nitrogens with two attached hydrogens (primary N) is 2. The number of nitrogen functional groups attached to an aromatic ring is 1. The summed E-state index contributed by atoms with van der Waals surface area (Å²) in [6.07, 6.45) is 2.24. The molecule has 1 amide bonds. The molecule has 2 aromatic rings. The number of nitrogens with zero attached hydrogens (tertiary/aromatic N) is 2. The lowest BCUT2D eigenvalue weighted by atomic mass is 9.91. The van der Waals surface area contributed by atoms with Crippen LogP contribution in [0.15, 0.2) is 29.3 Å². The van der Waals surface area contributed by atoms with Crippen molar-refractivity contribution in [3.63, 3.8) is 0 Å². The Kier molecular flexibility index (Phi) is 3.48. The SMILES string of the molecule is CCC(CC)(C(N)=O)n1cnc2ccc(N)cc2c1=O. The van der Waals surface area contributed by atoms with Gasteiger partial charge < -0.3 is 11.5 Å². The first kappa shape index (κ1) is 14.0. The van der Waals surface area contributed by atoms with Crippen LogP contribution in [0.5, 0.6) is 0 Å². The number of anilines is 1. The second-order valence-electron chi connectivity index (χ2n) is 4.80. The molecule has 0 aliphatic rings. The average Bonchev–Trinajstić information content (AvgIpc) is 2.43. The van der Waals surface area contributed by atoms with E-state index in [4.69, 9.17) is 11.5 Å². The van der Waals surface area contributed by atoms with Crippen molar-refractivity contribution in [2.24, 2.45) is 5.73 Å². The number of rotatable bonds is 4. The molecular formula is C14H18N4O2. The Hall–Kier alpha value is -2.37. The maximum atomic E-state index is 12.6. The minimum atomic E-state index is -1.05. The summed E-state index contributed by atoms with van der Waals surface area (Å²) >= 11 is 0. The smallest absolute Gasteiger partial charge is 0.262 e. The molecule has 106 valence electrons. The zero-order chi connectivity index (χ0) is 14.9. The van der Waals surface area contributed by atoms with Crippen LogP contribution in [-0.4, -0.2) is 15.5 Å². The molecule has 1 aromatic carbocycles. The van der Waals surface area contributed by atoms with E-state index in [2.05, 4.69) is 4.98 Å². The number of primary amides is 1. The standard InChI is InChI=1S/C14H18N4O2/c1-3-14(4-2,13(16)20)18-8-17-11-6-5-9(15)7-10(11)12(18)19/h5-8H,3-4,15H2,1-2H3,(H2,16,20). The third kappa shape index (κ3) is 1.93. The largest absolute Gasteiger partial charge is 0.399 e. The average molecular weight is 274 g/mol. The van der Waals surface area contributed by atoms with Crippen LogP contribution in [0.1, 0.15) is 26.7 Å². The van der Waals surface area contributed by atoms with E-state index >= 15 is 0 Å². The monoisotopic (exact) mass is 274 g/mol. The first-order chi connectivity index (χ1) is 9.46. The van der Waals surface area contributed by atoms with Crippen molar-refractivity contribution in [2.45, 2.75) is 32.2 Å². The Bertz CT molecular complexity index is 717. The van der Waals surface area contributed by atoms with Gasteiger partial charge in [0.15, 0.2) is 0 Å². The molecule has 0 saturated heterocycles. The molecule has 0 aliphatic heterocycles. The van der Waals surface area contributed by atoms with Crippen molar-refractivity contribution < 1.29 is 4.79 Å². The van der Waals surface area contributed by atoms with Gasteiger partial charge in [-0.1, -0.05) is 13.8 Å². The Labute approximate surface area is 116 Å². The number of hydrogen-bond acceptors (Lipinski definition) is 4. The summed E-state index contributed by atoms with van der Waals surface area (Å²) in [7, 11) is 0. The molecule has 20 heavy (non-hydrogen) atoms. The fourth-order valence-corrected chi connectivity index (χ4v) is 2.50. The van der Waals surface area contributed by atoms with Gasteiger partial charge in [0, 0.05) is 5.69 Å². The van der Waals surface area contributed by atoms with Gasteiger partial charge in [-0.25, -0.2) is 4.98 Å². The van der Waals surface area contributed by atoms with Gasteiger partial charge in [-0.3, -0.25) is 14.2 Å². The lowest BCUT2D eigenvalue weighted by Crippen LogP contribution is -2.50. The quantitative estimate of drug-likeness (QED) is 0.811. The molecule has 6 nitrogen and oxygen atoms in total. The first-order valence-corrected chi connectivity index (χ1v) is 6.53. The predicted octanol–water partition coefficient (Wildman–Crippen LogP) is 0.979. The van der Waals surface area contributed by atoms with E-state index in [1.807, 2.05) is 13.8 Å². The van der Waals surface area contributed by atoms with E-state index in [1.165, 1.54) is 10.9 Å².